The lowest BCUT2D eigenvalue weighted by atomic mass is 10.1. The van der Waals surface area contributed by atoms with Gasteiger partial charge in [-0.25, -0.2) is 0 Å². The van der Waals surface area contributed by atoms with E-state index < -0.39 is 0 Å². The van der Waals surface area contributed by atoms with E-state index in [1.807, 2.05) is 24.4 Å². The summed E-state index contributed by atoms with van der Waals surface area (Å²) in [5.74, 6) is -0.0518. The molecule has 7 heteroatoms. The Hall–Kier alpha value is -2.34. The molecule has 0 radical (unpaired) electrons. The fraction of sp³-hybridized carbons (Fsp3) is 0.353. The van der Waals surface area contributed by atoms with Crippen molar-refractivity contribution in [2.45, 2.75) is 31.7 Å². The first-order chi connectivity index (χ1) is 11.6. The Kier molecular flexibility index (Phi) is 5.15. The maximum absolute atomic E-state index is 12.2. The molecule has 1 fully saturated rings. The van der Waals surface area contributed by atoms with Gasteiger partial charge in [-0.15, -0.1) is 0 Å². The van der Waals surface area contributed by atoms with E-state index in [0.717, 1.165) is 18.4 Å². The summed E-state index contributed by atoms with van der Waals surface area (Å²) in [7, 11) is 0. The molecule has 24 heavy (non-hydrogen) atoms. The Balaban J connectivity index is 1.49. The predicted octanol–water partition coefficient (Wildman–Crippen LogP) is 2.31. The van der Waals surface area contributed by atoms with Gasteiger partial charge in [-0.1, -0.05) is 23.7 Å². The molecule has 0 saturated carbocycles. The lowest BCUT2D eigenvalue weighted by Gasteiger charge is -2.18. The fourth-order valence-corrected chi connectivity index (χ4v) is 3.11. The van der Waals surface area contributed by atoms with E-state index >= 15 is 0 Å². The molecule has 126 valence electrons. The lowest BCUT2D eigenvalue weighted by molar-refractivity contribution is -0.121. The Morgan fingerprint density at radius 3 is 3.00 bits per heavy atom. The zero-order chi connectivity index (χ0) is 16.9. The van der Waals surface area contributed by atoms with E-state index in [1.165, 1.54) is 0 Å². The highest BCUT2D eigenvalue weighted by atomic mass is 35.5. The number of anilines is 1. The Bertz CT molecular complexity index is 717. The number of aromatic nitrogens is 2. The highest BCUT2D eigenvalue weighted by Gasteiger charge is 2.32. The Morgan fingerprint density at radius 1 is 1.42 bits per heavy atom. The van der Waals surface area contributed by atoms with E-state index in [1.54, 1.807) is 17.2 Å². The number of carbonyl (C=O) groups is 2. The third-order valence-corrected chi connectivity index (χ3v) is 4.38. The monoisotopic (exact) mass is 346 g/mol. The number of rotatable bonds is 6. The molecule has 2 N–H and O–H groups in total. The number of halogens is 1. The van der Waals surface area contributed by atoms with Gasteiger partial charge in [0.15, 0.2) is 0 Å². The molecule has 0 unspecified atom stereocenters. The maximum Gasteiger partial charge on any atom is 0.229 e. The molecule has 1 atom stereocenters. The molecular weight excluding hydrogens is 328 g/mol. The second kappa shape index (κ2) is 7.49. The van der Waals surface area contributed by atoms with Gasteiger partial charge in [0.1, 0.15) is 0 Å². The number of nitrogens with zero attached hydrogens (tertiary/aromatic N) is 2. The fourth-order valence-electron chi connectivity index (χ4n) is 2.87. The second-order valence-electron chi connectivity index (χ2n) is 5.88. The van der Waals surface area contributed by atoms with Gasteiger partial charge in [0.25, 0.3) is 0 Å². The molecule has 1 saturated heterocycles. The molecule has 1 aromatic carbocycles. The van der Waals surface area contributed by atoms with E-state index in [-0.39, 0.29) is 17.9 Å². The number of aromatic amines is 1. The second-order valence-corrected chi connectivity index (χ2v) is 6.29. The van der Waals surface area contributed by atoms with Gasteiger partial charge in [-0.2, -0.15) is 5.10 Å². The van der Waals surface area contributed by atoms with Crippen molar-refractivity contribution < 1.29 is 9.59 Å². The third kappa shape index (κ3) is 3.94. The van der Waals surface area contributed by atoms with Crippen molar-refractivity contribution in [3.63, 3.8) is 0 Å². The topological polar surface area (TPSA) is 78.1 Å². The number of H-pyrrole nitrogens is 1. The van der Waals surface area contributed by atoms with Crippen molar-refractivity contribution in [1.29, 1.82) is 0 Å². The summed E-state index contributed by atoms with van der Waals surface area (Å²) in [5.41, 5.74) is 1.78. The summed E-state index contributed by atoms with van der Waals surface area (Å²) in [6.07, 6.45) is 5.88. The number of hydrogen-bond acceptors (Lipinski definition) is 3. The average Bonchev–Trinajstić information content (AvgIpc) is 3.18. The van der Waals surface area contributed by atoms with Crippen molar-refractivity contribution in [1.82, 2.24) is 15.5 Å². The number of amides is 2. The van der Waals surface area contributed by atoms with E-state index in [9.17, 15) is 9.59 Å². The quantitative estimate of drug-likeness (QED) is 0.842. The van der Waals surface area contributed by atoms with E-state index in [2.05, 4.69) is 15.5 Å². The summed E-state index contributed by atoms with van der Waals surface area (Å²) >= 11 is 6.15. The van der Waals surface area contributed by atoms with Gasteiger partial charge in [-0.05, 0) is 30.5 Å². The zero-order valence-electron chi connectivity index (χ0n) is 13.2. The average molecular weight is 347 g/mol. The first kappa shape index (κ1) is 16.5. The maximum atomic E-state index is 12.2. The van der Waals surface area contributed by atoms with Crippen LogP contribution in [0.15, 0.2) is 36.7 Å². The molecule has 2 heterocycles. The van der Waals surface area contributed by atoms with Crippen LogP contribution in [0.5, 0.6) is 0 Å². The molecule has 0 aliphatic carbocycles. The van der Waals surface area contributed by atoms with Gasteiger partial charge >= 0.3 is 0 Å². The SMILES string of the molecule is O=C(CCCc1cn[nH]c1)N[C@@H]1CC(=O)N(c2ccccc2Cl)C1. The van der Waals surface area contributed by atoms with Gasteiger partial charge in [0.05, 0.1) is 22.9 Å². The van der Waals surface area contributed by atoms with Crippen LogP contribution in [0.4, 0.5) is 5.69 Å². The van der Waals surface area contributed by atoms with E-state index in [0.29, 0.717) is 30.1 Å². The summed E-state index contributed by atoms with van der Waals surface area (Å²) in [6.45, 7) is 0.454. The molecule has 1 aliphatic rings. The van der Waals surface area contributed by atoms with Gasteiger partial charge in [0, 0.05) is 25.6 Å². The smallest absolute Gasteiger partial charge is 0.229 e. The first-order valence-electron chi connectivity index (χ1n) is 7.95. The van der Waals surface area contributed by atoms with Crippen LogP contribution in [0.25, 0.3) is 0 Å². The largest absolute Gasteiger partial charge is 0.351 e. The van der Waals surface area contributed by atoms with Crippen molar-refractivity contribution in [2.75, 3.05) is 11.4 Å². The number of para-hydroxylation sites is 1. The summed E-state index contributed by atoms with van der Waals surface area (Å²) in [6, 6.07) is 7.07. The highest BCUT2D eigenvalue weighted by Crippen LogP contribution is 2.28. The normalized spacial score (nSPS) is 17.3. The lowest BCUT2D eigenvalue weighted by Crippen LogP contribution is -2.37. The van der Waals surface area contributed by atoms with Crippen molar-refractivity contribution in [2.24, 2.45) is 0 Å². The summed E-state index contributed by atoms with van der Waals surface area (Å²) in [4.78, 5) is 25.9. The number of carbonyl (C=O) groups excluding carboxylic acids is 2. The number of hydrogen-bond donors (Lipinski definition) is 2. The molecule has 0 spiro atoms. The third-order valence-electron chi connectivity index (χ3n) is 4.06. The van der Waals surface area contributed by atoms with Crippen LogP contribution in [0, 0.1) is 0 Å². The first-order valence-corrected chi connectivity index (χ1v) is 8.33. The Labute approximate surface area is 145 Å². The summed E-state index contributed by atoms with van der Waals surface area (Å²) in [5, 5.41) is 10.1. The molecule has 2 aromatic rings. The van der Waals surface area contributed by atoms with Crippen molar-refractivity contribution in [3.8, 4) is 0 Å². The summed E-state index contributed by atoms with van der Waals surface area (Å²) < 4.78 is 0. The highest BCUT2D eigenvalue weighted by molar-refractivity contribution is 6.33. The van der Waals surface area contributed by atoms with Gasteiger partial charge < -0.3 is 10.2 Å². The number of aryl methyl sites for hydroxylation is 1. The van der Waals surface area contributed by atoms with Gasteiger partial charge in [-0.3, -0.25) is 14.7 Å². The number of benzene rings is 1. The molecule has 2 amide bonds. The van der Waals surface area contributed by atoms with Crippen LogP contribution < -0.4 is 10.2 Å². The number of nitrogens with one attached hydrogen (secondary N) is 2. The van der Waals surface area contributed by atoms with Crippen LogP contribution in [0.2, 0.25) is 5.02 Å². The van der Waals surface area contributed by atoms with E-state index in [4.69, 9.17) is 11.6 Å². The van der Waals surface area contributed by atoms with Crippen LogP contribution in [-0.2, 0) is 16.0 Å². The van der Waals surface area contributed by atoms with Crippen molar-refractivity contribution in [3.05, 3.63) is 47.2 Å². The van der Waals surface area contributed by atoms with Crippen LogP contribution in [0.1, 0.15) is 24.8 Å². The van der Waals surface area contributed by atoms with Gasteiger partial charge in [0.2, 0.25) is 11.8 Å². The molecule has 1 aliphatic heterocycles. The molecule has 0 bridgehead atoms. The molecular formula is C17H19ClN4O2. The Morgan fingerprint density at radius 2 is 2.25 bits per heavy atom. The van der Waals surface area contributed by atoms with Crippen LogP contribution in [0.3, 0.4) is 0 Å². The minimum atomic E-state index is -0.171. The predicted molar refractivity (Wildman–Crippen MR) is 91.9 cm³/mol. The molecule has 1 aromatic heterocycles. The zero-order valence-corrected chi connectivity index (χ0v) is 13.9. The van der Waals surface area contributed by atoms with Crippen LogP contribution >= 0.6 is 11.6 Å². The minimum Gasteiger partial charge on any atom is -0.351 e. The van der Waals surface area contributed by atoms with Crippen LogP contribution in [-0.4, -0.2) is 34.6 Å². The standard InChI is InChI=1S/C17H19ClN4O2/c18-14-5-1-2-6-15(14)22-11-13(8-17(22)24)21-16(23)7-3-4-12-9-19-20-10-12/h1-2,5-6,9-10,13H,3-4,7-8,11H2,(H,19,20)(H,21,23)/t13-/m1/s1. The van der Waals surface area contributed by atoms with Crippen molar-refractivity contribution >= 4 is 29.1 Å². The molecule has 6 nitrogen and oxygen atoms in total. The molecule has 3 rings (SSSR count). The minimum absolute atomic E-state index is 0.0215.